The van der Waals surface area contributed by atoms with Gasteiger partial charge in [-0.05, 0) is 65.6 Å². The summed E-state index contributed by atoms with van der Waals surface area (Å²) in [7, 11) is 0. The quantitative estimate of drug-likeness (QED) is 0.0549. The van der Waals surface area contributed by atoms with Crippen LogP contribution in [-0.2, 0) is 28.4 Å². The Morgan fingerprint density at radius 3 is 2.57 bits per heavy atom. The van der Waals surface area contributed by atoms with Crippen molar-refractivity contribution in [3.63, 3.8) is 0 Å². The Hall–Kier alpha value is -4.64. The van der Waals surface area contributed by atoms with Gasteiger partial charge in [0, 0.05) is 22.8 Å². The lowest BCUT2D eigenvalue weighted by atomic mass is 9.94. The van der Waals surface area contributed by atoms with Crippen LogP contribution in [0.25, 0.3) is 5.76 Å². The van der Waals surface area contributed by atoms with Gasteiger partial charge < -0.3 is 14.6 Å². The molecular formula is C36H28ClN3O5S2. The highest BCUT2D eigenvalue weighted by atomic mass is 35.5. The van der Waals surface area contributed by atoms with Crippen molar-refractivity contribution in [3.05, 3.63) is 135 Å². The standard InChI is InChI=1S/C36H28ClN3O5S2/c1-21-17-26-18-24(13-16-29(26)45-21)32(41)30-31(23-11-14-27(15-12-23)44-19-22-7-3-2-4-8-22)40(34(43)33(30)42)35-38-39-36(47-35)46-20-25-9-5-6-10-28(25)37/h2-16,18,21,31,41H,17,19-20H2,1H3/b32-30+. The van der Waals surface area contributed by atoms with Crippen LogP contribution in [0.3, 0.4) is 0 Å². The topological polar surface area (TPSA) is 102 Å². The number of aromatic nitrogens is 2. The zero-order valence-corrected chi connectivity index (χ0v) is 27.5. The lowest BCUT2D eigenvalue weighted by Crippen LogP contribution is -2.29. The maximum absolute atomic E-state index is 13.7. The molecule has 2 aliphatic heterocycles. The lowest BCUT2D eigenvalue weighted by Gasteiger charge is -2.23. The number of halogens is 1. The molecule has 0 radical (unpaired) electrons. The van der Waals surface area contributed by atoms with Gasteiger partial charge in [-0.3, -0.25) is 14.5 Å². The molecule has 8 nitrogen and oxygen atoms in total. The summed E-state index contributed by atoms with van der Waals surface area (Å²) < 4.78 is 12.4. The summed E-state index contributed by atoms with van der Waals surface area (Å²) in [6.45, 7) is 2.36. The summed E-state index contributed by atoms with van der Waals surface area (Å²) in [5.74, 6) is 0.0619. The number of aliphatic hydroxyl groups excluding tert-OH is 1. The predicted molar refractivity (Wildman–Crippen MR) is 183 cm³/mol. The minimum absolute atomic E-state index is 0.0120. The fourth-order valence-corrected chi connectivity index (χ4v) is 7.82. The molecule has 0 bridgehead atoms. The molecule has 1 saturated heterocycles. The van der Waals surface area contributed by atoms with Crippen LogP contribution in [0, 0.1) is 0 Å². The molecule has 3 heterocycles. The van der Waals surface area contributed by atoms with Crippen molar-refractivity contribution in [1.29, 1.82) is 0 Å². The lowest BCUT2D eigenvalue weighted by molar-refractivity contribution is -0.132. The Morgan fingerprint density at radius 1 is 1.02 bits per heavy atom. The van der Waals surface area contributed by atoms with Gasteiger partial charge in [0.25, 0.3) is 5.78 Å². The SMILES string of the molecule is CC1Cc2cc(/C(O)=C3\C(=O)C(=O)N(c4nnc(SCc5ccccc5Cl)s4)C3c3ccc(OCc4ccccc4)cc3)ccc2O1. The molecule has 5 aromatic rings. The molecule has 0 aliphatic carbocycles. The van der Waals surface area contributed by atoms with E-state index >= 15 is 0 Å². The molecule has 2 unspecified atom stereocenters. The molecule has 1 amide bonds. The number of benzene rings is 4. The number of anilines is 1. The Labute approximate surface area is 284 Å². The number of amides is 1. The number of aliphatic hydroxyl groups is 1. The number of ether oxygens (including phenoxy) is 2. The van der Waals surface area contributed by atoms with E-state index in [9.17, 15) is 14.7 Å². The second-order valence-electron chi connectivity index (χ2n) is 11.2. The van der Waals surface area contributed by atoms with E-state index in [2.05, 4.69) is 10.2 Å². The summed E-state index contributed by atoms with van der Waals surface area (Å²) >= 11 is 8.97. The van der Waals surface area contributed by atoms with Crippen LogP contribution in [0.4, 0.5) is 5.13 Å². The van der Waals surface area contributed by atoms with Crippen molar-refractivity contribution in [2.45, 2.75) is 42.2 Å². The molecule has 4 aromatic carbocycles. The van der Waals surface area contributed by atoms with E-state index in [0.717, 1.165) is 22.4 Å². The van der Waals surface area contributed by atoms with E-state index in [0.29, 0.717) is 45.0 Å². The zero-order chi connectivity index (χ0) is 32.5. The number of carbonyl (C=O) groups excluding carboxylic acids is 2. The molecule has 1 N–H and O–H groups in total. The summed E-state index contributed by atoms with van der Waals surface area (Å²) in [6, 6.07) is 28.9. The fourth-order valence-electron chi connectivity index (χ4n) is 5.67. The van der Waals surface area contributed by atoms with Gasteiger partial charge in [-0.15, -0.1) is 10.2 Å². The number of hydrogen-bond donors (Lipinski definition) is 1. The van der Waals surface area contributed by atoms with Gasteiger partial charge in [-0.25, -0.2) is 0 Å². The minimum Gasteiger partial charge on any atom is -0.507 e. The monoisotopic (exact) mass is 681 g/mol. The first-order chi connectivity index (χ1) is 22.9. The van der Waals surface area contributed by atoms with Crippen molar-refractivity contribution in [3.8, 4) is 11.5 Å². The third kappa shape index (κ3) is 6.36. The highest BCUT2D eigenvalue weighted by Crippen LogP contribution is 2.45. The average molecular weight is 682 g/mol. The van der Waals surface area contributed by atoms with E-state index in [1.807, 2.05) is 67.6 Å². The molecule has 11 heteroatoms. The first-order valence-corrected chi connectivity index (χ1v) is 17.1. The molecule has 47 heavy (non-hydrogen) atoms. The highest BCUT2D eigenvalue weighted by Gasteiger charge is 2.48. The van der Waals surface area contributed by atoms with Gasteiger partial charge >= 0.3 is 5.91 Å². The number of hydrogen-bond acceptors (Lipinski definition) is 9. The molecule has 0 spiro atoms. The van der Waals surface area contributed by atoms with Crippen molar-refractivity contribution >= 4 is 57.3 Å². The van der Waals surface area contributed by atoms with Gasteiger partial charge in [0.1, 0.15) is 30.0 Å². The van der Waals surface area contributed by atoms with Crippen LogP contribution in [0.5, 0.6) is 11.5 Å². The van der Waals surface area contributed by atoms with E-state index in [1.165, 1.54) is 28.0 Å². The van der Waals surface area contributed by atoms with E-state index in [-0.39, 0.29) is 22.6 Å². The second kappa shape index (κ2) is 13.2. The van der Waals surface area contributed by atoms with E-state index in [1.54, 1.807) is 36.4 Å². The number of Topliss-reactive ketones (excluding diaryl/α,β-unsaturated/α-hetero) is 1. The number of nitrogens with zero attached hydrogens (tertiary/aromatic N) is 3. The summed E-state index contributed by atoms with van der Waals surface area (Å²) in [6.07, 6.45) is 0.691. The predicted octanol–water partition coefficient (Wildman–Crippen LogP) is 8.01. The van der Waals surface area contributed by atoms with Crippen LogP contribution in [0.2, 0.25) is 5.02 Å². The maximum Gasteiger partial charge on any atom is 0.301 e. The van der Waals surface area contributed by atoms with Gasteiger partial charge in [-0.1, -0.05) is 95.4 Å². The maximum atomic E-state index is 13.7. The normalized spacial score (nSPS) is 18.3. The van der Waals surface area contributed by atoms with Crippen molar-refractivity contribution in [1.82, 2.24) is 10.2 Å². The molecule has 0 saturated carbocycles. The number of ketones is 1. The van der Waals surface area contributed by atoms with Crippen LogP contribution in [0.15, 0.2) is 107 Å². The van der Waals surface area contributed by atoms with Gasteiger partial charge in [-0.2, -0.15) is 0 Å². The number of fused-ring (bicyclic) bond motifs is 1. The Morgan fingerprint density at radius 2 is 1.79 bits per heavy atom. The minimum atomic E-state index is -0.948. The molecule has 7 rings (SSSR count). The molecule has 1 aromatic heterocycles. The molecule has 2 aliphatic rings. The molecule has 2 atom stereocenters. The number of carbonyl (C=O) groups is 2. The van der Waals surface area contributed by atoms with Gasteiger partial charge in [0.2, 0.25) is 5.13 Å². The first-order valence-electron chi connectivity index (χ1n) is 14.9. The van der Waals surface area contributed by atoms with Crippen LogP contribution in [0.1, 0.15) is 40.8 Å². The third-order valence-electron chi connectivity index (χ3n) is 7.97. The summed E-state index contributed by atoms with van der Waals surface area (Å²) in [4.78, 5) is 28.8. The van der Waals surface area contributed by atoms with Crippen LogP contribution in [-0.4, -0.2) is 33.1 Å². The highest BCUT2D eigenvalue weighted by molar-refractivity contribution is 8.00. The van der Waals surface area contributed by atoms with Crippen LogP contribution >= 0.6 is 34.7 Å². The van der Waals surface area contributed by atoms with E-state index < -0.39 is 17.7 Å². The summed E-state index contributed by atoms with van der Waals surface area (Å²) in [5, 5.41) is 21.2. The first kappa shape index (κ1) is 31.0. The van der Waals surface area contributed by atoms with Crippen LogP contribution < -0.4 is 14.4 Å². The molecule has 236 valence electrons. The average Bonchev–Trinajstić information content (AvgIpc) is 3.78. The number of thioether (sulfide) groups is 1. The Balaban J connectivity index is 1.23. The van der Waals surface area contributed by atoms with Gasteiger partial charge in [0.15, 0.2) is 4.34 Å². The Kier molecular flexibility index (Phi) is 8.72. The van der Waals surface area contributed by atoms with Crippen molar-refractivity contribution in [2.24, 2.45) is 0 Å². The van der Waals surface area contributed by atoms with Crippen molar-refractivity contribution in [2.75, 3.05) is 4.90 Å². The van der Waals surface area contributed by atoms with Crippen molar-refractivity contribution < 1.29 is 24.2 Å². The third-order valence-corrected chi connectivity index (χ3v) is 10.4. The zero-order valence-electron chi connectivity index (χ0n) is 25.1. The Bertz CT molecular complexity index is 2000. The fraction of sp³-hybridized carbons (Fsp3) is 0.167. The second-order valence-corrected chi connectivity index (χ2v) is 13.8. The molecule has 1 fully saturated rings. The number of rotatable bonds is 9. The largest absolute Gasteiger partial charge is 0.507 e. The summed E-state index contributed by atoms with van der Waals surface area (Å²) in [5.41, 5.74) is 3.91. The van der Waals surface area contributed by atoms with E-state index in [4.69, 9.17) is 21.1 Å². The smallest absolute Gasteiger partial charge is 0.301 e. The van der Waals surface area contributed by atoms with Gasteiger partial charge in [0.05, 0.1) is 11.6 Å². The molecular weight excluding hydrogens is 654 g/mol.